The predicted octanol–water partition coefficient (Wildman–Crippen LogP) is 4.24. The van der Waals surface area contributed by atoms with Crippen molar-refractivity contribution in [2.75, 3.05) is 12.4 Å². The van der Waals surface area contributed by atoms with Gasteiger partial charge in [-0.1, -0.05) is 29.3 Å². The van der Waals surface area contributed by atoms with Crippen LogP contribution in [0.5, 0.6) is 0 Å². The third-order valence-electron chi connectivity index (χ3n) is 3.01. The minimum atomic E-state index is 0.497. The Morgan fingerprint density at radius 3 is 2.84 bits per heavy atom. The Hall–Kier alpha value is -0.970. The van der Waals surface area contributed by atoms with Crippen LogP contribution in [0.1, 0.15) is 11.3 Å². The number of thioether (sulfide) groups is 1. The average Bonchev–Trinajstić information content (AvgIpc) is 2.89. The van der Waals surface area contributed by atoms with Crippen LogP contribution in [0.15, 0.2) is 18.2 Å². The molecule has 0 fully saturated rings. The number of rotatable bonds is 2. The monoisotopic (exact) mass is 311 g/mol. The molecule has 0 amide bonds. The van der Waals surface area contributed by atoms with Gasteiger partial charge in [-0.25, -0.2) is 9.97 Å². The molecule has 0 unspecified atom stereocenters. The molecule has 2 heterocycles. The fourth-order valence-electron chi connectivity index (χ4n) is 2.05. The number of anilines is 1. The number of nitrogens with zero attached hydrogens (tertiary/aromatic N) is 2. The van der Waals surface area contributed by atoms with Crippen molar-refractivity contribution in [3.05, 3.63) is 39.5 Å². The van der Waals surface area contributed by atoms with Crippen LogP contribution in [-0.2, 0) is 11.5 Å². The fraction of sp³-hybridized carbons (Fsp3) is 0.231. The summed E-state index contributed by atoms with van der Waals surface area (Å²) in [6.45, 7) is 0. The van der Waals surface area contributed by atoms with Crippen LogP contribution in [-0.4, -0.2) is 17.0 Å². The Balaban J connectivity index is 2.18. The second-order valence-electron chi connectivity index (χ2n) is 4.17. The summed E-state index contributed by atoms with van der Waals surface area (Å²) in [5.74, 6) is 3.37. The lowest BCUT2D eigenvalue weighted by Gasteiger charge is -2.10. The van der Waals surface area contributed by atoms with E-state index in [1.54, 1.807) is 6.07 Å². The number of hydrogen-bond acceptors (Lipinski definition) is 4. The van der Waals surface area contributed by atoms with Crippen molar-refractivity contribution in [1.82, 2.24) is 9.97 Å². The van der Waals surface area contributed by atoms with E-state index in [1.165, 1.54) is 5.56 Å². The Kier molecular flexibility index (Phi) is 3.56. The van der Waals surface area contributed by atoms with Crippen LogP contribution in [0.2, 0.25) is 10.0 Å². The minimum Gasteiger partial charge on any atom is -0.373 e. The number of hydrogen-bond donors (Lipinski definition) is 1. The van der Waals surface area contributed by atoms with Gasteiger partial charge in [-0.15, -0.1) is 0 Å². The van der Waals surface area contributed by atoms with Gasteiger partial charge in [-0.2, -0.15) is 11.8 Å². The van der Waals surface area contributed by atoms with Gasteiger partial charge >= 0.3 is 0 Å². The van der Waals surface area contributed by atoms with Gasteiger partial charge in [0.15, 0.2) is 5.82 Å². The first-order chi connectivity index (χ1) is 9.20. The maximum atomic E-state index is 6.24. The van der Waals surface area contributed by atoms with Crippen molar-refractivity contribution in [3.8, 4) is 11.4 Å². The van der Waals surface area contributed by atoms with Crippen LogP contribution in [0.25, 0.3) is 11.4 Å². The van der Waals surface area contributed by atoms with Crippen LogP contribution in [0.4, 0.5) is 5.82 Å². The highest BCUT2D eigenvalue weighted by molar-refractivity contribution is 7.98. The van der Waals surface area contributed by atoms with E-state index in [4.69, 9.17) is 23.2 Å². The first kappa shape index (κ1) is 13.0. The molecule has 1 aromatic carbocycles. The zero-order chi connectivity index (χ0) is 13.4. The summed E-state index contributed by atoms with van der Waals surface area (Å²) in [4.78, 5) is 9.18. The van der Waals surface area contributed by atoms with Crippen LogP contribution in [0.3, 0.4) is 0 Å². The Bertz CT molecular complexity index is 646. The van der Waals surface area contributed by atoms with E-state index in [2.05, 4.69) is 15.3 Å². The molecule has 6 heteroatoms. The van der Waals surface area contributed by atoms with Crippen molar-refractivity contribution in [2.24, 2.45) is 0 Å². The molecule has 0 radical (unpaired) electrons. The summed E-state index contributed by atoms with van der Waals surface area (Å²) >= 11 is 14.1. The van der Waals surface area contributed by atoms with Crippen molar-refractivity contribution in [3.63, 3.8) is 0 Å². The summed E-state index contributed by atoms with van der Waals surface area (Å²) in [7, 11) is 1.87. The lowest BCUT2D eigenvalue weighted by Crippen LogP contribution is -2.03. The van der Waals surface area contributed by atoms with E-state index in [0.29, 0.717) is 15.9 Å². The van der Waals surface area contributed by atoms with Gasteiger partial charge in [0.1, 0.15) is 5.82 Å². The molecule has 0 atom stereocenters. The molecule has 0 bridgehead atoms. The third-order valence-corrected chi connectivity index (χ3v) is 4.80. The Morgan fingerprint density at radius 1 is 1.21 bits per heavy atom. The van der Waals surface area contributed by atoms with Crippen LogP contribution >= 0.6 is 35.0 Å². The summed E-state index contributed by atoms with van der Waals surface area (Å²) < 4.78 is 0. The Morgan fingerprint density at radius 2 is 2.05 bits per heavy atom. The van der Waals surface area contributed by atoms with Gasteiger partial charge in [-0.3, -0.25) is 0 Å². The molecule has 0 spiro atoms. The molecule has 0 aliphatic carbocycles. The first-order valence-corrected chi connectivity index (χ1v) is 7.71. The molecule has 98 valence electrons. The molecule has 0 saturated carbocycles. The summed E-state index contributed by atoms with van der Waals surface area (Å²) in [6, 6.07) is 5.50. The van der Waals surface area contributed by atoms with Gasteiger partial charge in [0.2, 0.25) is 0 Å². The molecule has 0 saturated heterocycles. The second kappa shape index (κ2) is 5.19. The number of benzene rings is 1. The predicted molar refractivity (Wildman–Crippen MR) is 82.0 cm³/mol. The maximum absolute atomic E-state index is 6.24. The van der Waals surface area contributed by atoms with Crippen molar-refractivity contribution < 1.29 is 0 Å². The molecule has 1 aromatic heterocycles. The van der Waals surface area contributed by atoms with E-state index in [0.717, 1.165) is 28.6 Å². The molecule has 3 rings (SSSR count). The van der Waals surface area contributed by atoms with Crippen molar-refractivity contribution >= 4 is 40.8 Å². The van der Waals surface area contributed by atoms with Crippen LogP contribution < -0.4 is 5.32 Å². The van der Waals surface area contributed by atoms with Crippen molar-refractivity contribution in [2.45, 2.75) is 11.5 Å². The molecular weight excluding hydrogens is 301 g/mol. The van der Waals surface area contributed by atoms with Gasteiger partial charge < -0.3 is 5.32 Å². The van der Waals surface area contributed by atoms with E-state index in [1.807, 2.05) is 30.9 Å². The summed E-state index contributed by atoms with van der Waals surface area (Å²) in [6.07, 6.45) is 0. The van der Waals surface area contributed by atoms with Gasteiger partial charge in [0, 0.05) is 29.7 Å². The molecule has 1 N–H and O–H groups in total. The Labute approximate surface area is 125 Å². The number of halogens is 2. The SMILES string of the molecule is CNc1nc(-c2cccc(Cl)c2Cl)nc2c1CSC2. The smallest absolute Gasteiger partial charge is 0.163 e. The number of fused-ring (bicyclic) bond motifs is 1. The van der Waals surface area contributed by atoms with Gasteiger partial charge in [0.05, 0.1) is 15.7 Å². The first-order valence-electron chi connectivity index (χ1n) is 5.80. The van der Waals surface area contributed by atoms with Gasteiger partial charge in [0.25, 0.3) is 0 Å². The molecule has 1 aliphatic heterocycles. The lowest BCUT2D eigenvalue weighted by molar-refractivity contribution is 1.07. The topological polar surface area (TPSA) is 37.8 Å². The quantitative estimate of drug-likeness (QED) is 0.900. The third kappa shape index (κ3) is 2.29. The highest BCUT2D eigenvalue weighted by Gasteiger charge is 2.20. The summed E-state index contributed by atoms with van der Waals surface area (Å²) in [5, 5.41) is 4.15. The average molecular weight is 312 g/mol. The zero-order valence-corrected chi connectivity index (χ0v) is 12.5. The lowest BCUT2D eigenvalue weighted by atomic mass is 10.2. The highest BCUT2D eigenvalue weighted by Crippen LogP contribution is 2.37. The van der Waals surface area contributed by atoms with E-state index in [-0.39, 0.29) is 0 Å². The second-order valence-corrected chi connectivity index (χ2v) is 5.94. The van der Waals surface area contributed by atoms with E-state index < -0.39 is 0 Å². The number of nitrogens with one attached hydrogen (secondary N) is 1. The fourth-order valence-corrected chi connectivity index (χ4v) is 3.48. The molecule has 3 nitrogen and oxygen atoms in total. The molecule has 1 aliphatic rings. The normalized spacial score (nSPS) is 13.4. The molecule has 19 heavy (non-hydrogen) atoms. The standard InChI is InChI=1S/C13H11Cl2N3S/c1-16-12-8-5-19-6-10(8)17-13(18-12)7-3-2-4-9(14)11(7)15/h2-4H,5-6H2,1H3,(H,16,17,18). The zero-order valence-electron chi connectivity index (χ0n) is 10.2. The molecular formula is C13H11Cl2N3S. The van der Waals surface area contributed by atoms with E-state index >= 15 is 0 Å². The highest BCUT2D eigenvalue weighted by atomic mass is 35.5. The summed E-state index contributed by atoms with van der Waals surface area (Å²) in [5.41, 5.74) is 3.04. The largest absolute Gasteiger partial charge is 0.373 e. The van der Waals surface area contributed by atoms with E-state index in [9.17, 15) is 0 Å². The minimum absolute atomic E-state index is 0.497. The number of aromatic nitrogens is 2. The maximum Gasteiger partial charge on any atom is 0.163 e. The van der Waals surface area contributed by atoms with Crippen LogP contribution in [0, 0.1) is 0 Å². The van der Waals surface area contributed by atoms with Crippen molar-refractivity contribution in [1.29, 1.82) is 0 Å². The van der Waals surface area contributed by atoms with Gasteiger partial charge in [-0.05, 0) is 12.1 Å². The molecule has 2 aromatic rings.